The van der Waals surface area contributed by atoms with Gasteiger partial charge in [0.15, 0.2) is 0 Å². The van der Waals surface area contributed by atoms with Crippen molar-refractivity contribution in [2.75, 3.05) is 7.05 Å². The fourth-order valence-corrected chi connectivity index (χ4v) is 5.77. The van der Waals surface area contributed by atoms with Crippen molar-refractivity contribution in [1.29, 1.82) is 0 Å². The summed E-state index contributed by atoms with van der Waals surface area (Å²) < 4.78 is 28.2. The van der Waals surface area contributed by atoms with E-state index < -0.39 is 15.9 Å². The Hall–Kier alpha value is -1.98. The van der Waals surface area contributed by atoms with Gasteiger partial charge in [0.25, 0.3) is 11.5 Å². The van der Waals surface area contributed by atoms with Crippen molar-refractivity contribution in [3.63, 3.8) is 0 Å². The predicted molar refractivity (Wildman–Crippen MR) is 116 cm³/mol. The van der Waals surface area contributed by atoms with Crippen molar-refractivity contribution in [3.05, 3.63) is 55.4 Å². The van der Waals surface area contributed by atoms with Crippen LogP contribution in [0, 0.1) is 0 Å². The van der Waals surface area contributed by atoms with Crippen molar-refractivity contribution >= 4 is 60.7 Å². The van der Waals surface area contributed by atoms with E-state index in [1.54, 1.807) is 11.4 Å². The molecule has 8 nitrogen and oxygen atoms in total. The number of aromatic amines is 1. The van der Waals surface area contributed by atoms with Crippen LogP contribution >= 0.6 is 34.5 Å². The zero-order valence-electron chi connectivity index (χ0n) is 15.6. The quantitative estimate of drug-likeness (QED) is 0.555. The largest absolute Gasteiger partial charge is 0.334 e. The van der Waals surface area contributed by atoms with Gasteiger partial charge in [-0.3, -0.25) is 9.59 Å². The smallest absolute Gasteiger partial charge is 0.268 e. The van der Waals surface area contributed by atoms with E-state index in [0.717, 1.165) is 12.8 Å². The minimum Gasteiger partial charge on any atom is -0.334 e. The topological polar surface area (TPSA) is 112 Å². The number of benzene rings is 1. The number of rotatable bonds is 6. The van der Waals surface area contributed by atoms with E-state index in [0.29, 0.717) is 16.0 Å². The van der Waals surface area contributed by atoms with Gasteiger partial charge >= 0.3 is 0 Å². The molecule has 0 aliphatic heterocycles. The second-order valence-corrected chi connectivity index (χ2v) is 10.4. The minimum absolute atomic E-state index is 0.00121. The third-order valence-electron chi connectivity index (χ3n) is 4.54. The van der Waals surface area contributed by atoms with Crippen molar-refractivity contribution in [2.45, 2.75) is 30.3 Å². The van der Waals surface area contributed by atoms with Crippen molar-refractivity contribution in [1.82, 2.24) is 19.6 Å². The van der Waals surface area contributed by atoms with Crippen LogP contribution in [0.25, 0.3) is 10.2 Å². The molecule has 4 rings (SSSR count). The summed E-state index contributed by atoms with van der Waals surface area (Å²) in [6.45, 7) is 0.00121. The SMILES string of the molecule is CN(Cc1nc2ccsc2c(=O)[nH]1)C(=O)c1cc(S(=O)(=O)NC2CC2)c(Cl)cc1Cl. The van der Waals surface area contributed by atoms with Gasteiger partial charge in [-0.05, 0) is 36.4 Å². The molecule has 0 atom stereocenters. The summed E-state index contributed by atoms with van der Waals surface area (Å²) in [6.07, 6.45) is 1.53. The van der Waals surface area contributed by atoms with Gasteiger partial charge in [0.05, 0.1) is 27.7 Å². The van der Waals surface area contributed by atoms with Gasteiger partial charge in [-0.1, -0.05) is 23.2 Å². The molecule has 1 saturated carbocycles. The molecule has 0 saturated heterocycles. The predicted octanol–water partition coefficient (Wildman–Crippen LogP) is 3.00. The van der Waals surface area contributed by atoms with E-state index in [-0.39, 0.29) is 38.7 Å². The number of halogens is 2. The fraction of sp³-hybridized carbons (Fsp3) is 0.278. The molecule has 2 aromatic heterocycles. The highest BCUT2D eigenvalue weighted by Crippen LogP contribution is 2.31. The molecular formula is C18H16Cl2N4O4S2. The first-order valence-corrected chi connectivity index (χ1v) is 12.0. The van der Waals surface area contributed by atoms with Gasteiger partial charge in [0.2, 0.25) is 10.0 Å². The normalized spacial score (nSPS) is 14.2. The third kappa shape index (κ3) is 4.23. The lowest BCUT2D eigenvalue weighted by atomic mass is 10.2. The van der Waals surface area contributed by atoms with Crippen LogP contribution in [0.5, 0.6) is 0 Å². The van der Waals surface area contributed by atoms with Crippen LogP contribution in [-0.2, 0) is 16.6 Å². The minimum atomic E-state index is -3.88. The molecule has 0 unspecified atom stereocenters. The molecule has 3 aromatic rings. The van der Waals surface area contributed by atoms with Crippen molar-refractivity contribution in [3.8, 4) is 0 Å². The lowest BCUT2D eigenvalue weighted by Crippen LogP contribution is -2.29. The number of thiophene rings is 1. The highest BCUT2D eigenvalue weighted by atomic mass is 35.5. The Morgan fingerprint density at radius 1 is 1.33 bits per heavy atom. The number of amides is 1. The third-order valence-corrected chi connectivity index (χ3v) is 7.74. The Balaban J connectivity index is 1.62. The van der Waals surface area contributed by atoms with Gasteiger partial charge < -0.3 is 9.88 Å². The number of hydrogen-bond donors (Lipinski definition) is 2. The van der Waals surface area contributed by atoms with Crippen molar-refractivity contribution in [2.24, 2.45) is 0 Å². The molecule has 0 radical (unpaired) electrons. The average Bonchev–Trinajstić information content (AvgIpc) is 3.32. The number of carbonyl (C=O) groups is 1. The molecule has 1 aromatic carbocycles. The number of sulfonamides is 1. The Labute approximate surface area is 185 Å². The molecule has 30 heavy (non-hydrogen) atoms. The maximum absolute atomic E-state index is 13.0. The number of nitrogens with one attached hydrogen (secondary N) is 2. The Morgan fingerprint density at radius 3 is 2.77 bits per heavy atom. The molecule has 2 N–H and O–H groups in total. The summed E-state index contributed by atoms with van der Waals surface area (Å²) in [5.41, 5.74) is 0.247. The highest BCUT2D eigenvalue weighted by molar-refractivity contribution is 7.89. The summed E-state index contributed by atoms with van der Waals surface area (Å²) >= 11 is 13.6. The lowest BCUT2D eigenvalue weighted by Gasteiger charge is -2.18. The van der Waals surface area contributed by atoms with Crippen LogP contribution in [0.1, 0.15) is 29.0 Å². The van der Waals surface area contributed by atoms with Crippen molar-refractivity contribution < 1.29 is 13.2 Å². The van der Waals surface area contributed by atoms with Gasteiger partial charge in [-0.2, -0.15) is 0 Å². The molecule has 0 spiro atoms. The van der Waals surface area contributed by atoms with Crippen LogP contribution in [0.15, 0.2) is 33.3 Å². The van der Waals surface area contributed by atoms with Gasteiger partial charge in [0, 0.05) is 13.1 Å². The lowest BCUT2D eigenvalue weighted by molar-refractivity contribution is 0.0781. The Morgan fingerprint density at radius 2 is 2.07 bits per heavy atom. The summed E-state index contributed by atoms with van der Waals surface area (Å²) in [6, 6.07) is 4.02. The molecule has 2 heterocycles. The van der Waals surface area contributed by atoms with E-state index in [4.69, 9.17) is 23.2 Å². The standard InChI is InChI=1S/C18H16Cl2N4O4S2/c1-24(8-15-21-13-4-5-29-16(13)17(25)22-15)18(26)10-6-14(12(20)7-11(10)19)30(27,28)23-9-2-3-9/h4-7,9,23H,2-3,8H2,1H3,(H,21,22,25). The van der Waals surface area contributed by atoms with E-state index in [1.165, 1.54) is 35.4 Å². The molecule has 1 amide bonds. The van der Waals surface area contributed by atoms with E-state index in [2.05, 4.69) is 14.7 Å². The van der Waals surface area contributed by atoms with Crippen LogP contribution < -0.4 is 10.3 Å². The van der Waals surface area contributed by atoms with E-state index in [9.17, 15) is 18.0 Å². The van der Waals surface area contributed by atoms with Gasteiger partial charge in [-0.25, -0.2) is 18.1 Å². The Kier molecular flexibility index (Phi) is 5.62. The number of aromatic nitrogens is 2. The summed E-state index contributed by atoms with van der Waals surface area (Å²) in [7, 11) is -2.38. The first kappa shape index (κ1) is 21.3. The molecule has 158 valence electrons. The van der Waals surface area contributed by atoms with Crippen LogP contribution in [0.2, 0.25) is 10.0 Å². The first-order chi connectivity index (χ1) is 14.2. The molecular weight excluding hydrogens is 471 g/mol. The number of hydrogen-bond acceptors (Lipinski definition) is 6. The highest BCUT2D eigenvalue weighted by Gasteiger charge is 2.30. The number of carbonyl (C=O) groups excluding carboxylic acids is 1. The average molecular weight is 487 g/mol. The molecule has 12 heteroatoms. The molecule has 1 aliphatic carbocycles. The maximum atomic E-state index is 13.0. The van der Waals surface area contributed by atoms with Crippen LogP contribution in [0.4, 0.5) is 0 Å². The number of H-pyrrole nitrogens is 1. The zero-order chi connectivity index (χ0) is 21.6. The van der Waals surface area contributed by atoms with E-state index >= 15 is 0 Å². The van der Waals surface area contributed by atoms with Gasteiger partial charge in [0.1, 0.15) is 15.4 Å². The second kappa shape index (κ2) is 7.93. The van der Waals surface area contributed by atoms with Crippen LogP contribution in [0.3, 0.4) is 0 Å². The second-order valence-electron chi connectivity index (χ2n) is 6.97. The molecule has 0 bridgehead atoms. The summed E-state index contributed by atoms with van der Waals surface area (Å²) in [5.74, 6) is -0.234. The first-order valence-electron chi connectivity index (χ1n) is 8.89. The Bertz CT molecular complexity index is 1320. The monoisotopic (exact) mass is 486 g/mol. The summed E-state index contributed by atoms with van der Waals surface area (Å²) in [5, 5.41) is 1.72. The molecule has 1 aliphatic rings. The number of fused-ring (bicyclic) bond motifs is 1. The number of nitrogens with zero attached hydrogens (tertiary/aromatic N) is 2. The van der Waals surface area contributed by atoms with Gasteiger partial charge in [-0.15, -0.1) is 11.3 Å². The molecule has 1 fully saturated rings. The fourth-order valence-electron chi connectivity index (χ4n) is 2.88. The zero-order valence-corrected chi connectivity index (χ0v) is 18.8. The van der Waals surface area contributed by atoms with E-state index in [1.807, 2.05) is 0 Å². The van der Waals surface area contributed by atoms with Crippen LogP contribution in [-0.4, -0.2) is 42.3 Å². The summed E-state index contributed by atoms with van der Waals surface area (Å²) in [4.78, 5) is 33.2. The maximum Gasteiger partial charge on any atom is 0.268 e.